The summed E-state index contributed by atoms with van der Waals surface area (Å²) < 4.78 is 40.0. The van der Waals surface area contributed by atoms with E-state index in [0.29, 0.717) is 16.5 Å². The Labute approximate surface area is 265 Å². The van der Waals surface area contributed by atoms with Gasteiger partial charge in [0.05, 0.1) is 24.8 Å². The molecule has 9 nitrogen and oxygen atoms in total. The van der Waals surface area contributed by atoms with Crippen LogP contribution in [0.4, 0.5) is 5.69 Å². The minimum Gasteiger partial charge on any atom is -0.493 e. The second-order valence-corrected chi connectivity index (χ2v) is 13.3. The highest BCUT2D eigenvalue weighted by atomic mass is 35.5. The summed E-state index contributed by atoms with van der Waals surface area (Å²) in [5.41, 5.74) is 2.00. The third-order valence-corrected chi connectivity index (χ3v) is 9.95. The van der Waals surface area contributed by atoms with Crippen LogP contribution in [0.2, 0.25) is 5.02 Å². The normalized spacial score (nSPS) is 14.4. The van der Waals surface area contributed by atoms with Crippen LogP contribution in [0.25, 0.3) is 0 Å². The van der Waals surface area contributed by atoms with E-state index in [-0.39, 0.29) is 29.1 Å². The molecule has 0 radical (unpaired) electrons. The van der Waals surface area contributed by atoms with Gasteiger partial charge in [-0.1, -0.05) is 60.7 Å². The van der Waals surface area contributed by atoms with E-state index >= 15 is 0 Å². The molecule has 0 saturated heterocycles. The molecule has 1 fully saturated rings. The van der Waals surface area contributed by atoms with Crippen molar-refractivity contribution >= 4 is 39.1 Å². The molecule has 4 rings (SSSR count). The van der Waals surface area contributed by atoms with Crippen molar-refractivity contribution in [3.8, 4) is 11.5 Å². The first-order valence-electron chi connectivity index (χ1n) is 14.7. The van der Waals surface area contributed by atoms with Gasteiger partial charge in [0.1, 0.15) is 12.6 Å². The number of ether oxygens (including phenoxy) is 2. The molecule has 1 atom stereocenters. The lowest BCUT2D eigenvalue weighted by Crippen LogP contribution is -2.53. The Kier molecular flexibility index (Phi) is 11.2. The molecule has 0 unspecified atom stereocenters. The molecular formula is C33H40ClN3O6S. The molecule has 0 aliphatic heterocycles. The van der Waals surface area contributed by atoms with E-state index in [0.717, 1.165) is 47.5 Å². The summed E-state index contributed by atoms with van der Waals surface area (Å²) in [5, 5.41) is 3.65. The highest BCUT2D eigenvalue weighted by Gasteiger charge is 2.33. The topological polar surface area (TPSA) is 105 Å². The number of carbonyl (C=O) groups is 2. The maximum Gasteiger partial charge on any atom is 0.264 e. The zero-order valence-electron chi connectivity index (χ0n) is 25.6. The van der Waals surface area contributed by atoms with Crippen LogP contribution in [-0.4, -0.2) is 58.0 Å². The molecular weight excluding hydrogens is 602 g/mol. The molecule has 3 aromatic carbocycles. The number of hydrogen-bond acceptors (Lipinski definition) is 6. The van der Waals surface area contributed by atoms with Gasteiger partial charge >= 0.3 is 0 Å². The predicted molar refractivity (Wildman–Crippen MR) is 172 cm³/mol. The monoisotopic (exact) mass is 641 g/mol. The minimum absolute atomic E-state index is 0.0562. The van der Waals surface area contributed by atoms with Crippen molar-refractivity contribution < 1.29 is 27.5 Å². The highest BCUT2D eigenvalue weighted by molar-refractivity contribution is 7.92. The molecule has 0 aromatic heterocycles. The van der Waals surface area contributed by atoms with Gasteiger partial charge in [0.2, 0.25) is 11.8 Å². The Balaban J connectivity index is 1.70. The molecule has 1 aliphatic carbocycles. The molecule has 236 valence electrons. The molecule has 3 aromatic rings. The molecule has 0 spiro atoms. The van der Waals surface area contributed by atoms with Gasteiger partial charge in [0.15, 0.2) is 11.5 Å². The predicted octanol–water partition coefficient (Wildman–Crippen LogP) is 5.73. The van der Waals surface area contributed by atoms with Crippen molar-refractivity contribution in [3.63, 3.8) is 0 Å². The van der Waals surface area contributed by atoms with Crippen molar-refractivity contribution in [1.82, 2.24) is 10.2 Å². The lowest BCUT2D eigenvalue weighted by Gasteiger charge is -2.33. The van der Waals surface area contributed by atoms with Crippen LogP contribution < -0.4 is 19.1 Å². The molecule has 0 heterocycles. The van der Waals surface area contributed by atoms with E-state index in [4.69, 9.17) is 21.1 Å². The Hall–Kier alpha value is -3.76. The number of halogens is 1. The zero-order valence-corrected chi connectivity index (χ0v) is 27.2. The highest BCUT2D eigenvalue weighted by Crippen LogP contribution is 2.32. The van der Waals surface area contributed by atoms with Gasteiger partial charge in [-0.15, -0.1) is 0 Å². The van der Waals surface area contributed by atoms with Gasteiger partial charge in [-0.25, -0.2) is 8.42 Å². The van der Waals surface area contributed by atoms with E-state index in [1.54, 1.807) is 55.5 Å². The number of amides is 2. The van der Waals surface area contributed by atoms with Crippen molar-refractivity contribution in [2.75, 3.05) is 25.1 Å². The largest absolute Gasteiger partial charge is 0.493 e. The fourth-order valence-corrected chi connectivity index (χ4v) is 6.84. The first kappa shape index (κ1) is 33.1. The summed E-state index contributed by atoms with van der Waals surface area (Å²) in [4.78, 5) is 29.0. The summed E-state index contributed by atoms with van der Waals surface area (Å²) >= 11 is 6.09. The number of benzene rings is 3. The second kappa shape index (κ2) is 14.8. The van der Waals surface area contributed by atoms with Gasteiger partial charge in [0.25, 0.3) is 10.0 Å². The van der Waals surface area contributed by atoms with E-state index in [1.807, 2.05) is 6.92 Å². The second-order valence-electron chi connectivity index (χ2n) is 11.0. The van der Waals surface area contributed by atoms with Gasteiger partial charge < -0.3 is 19.7 Å². The smallest absolute Gasteiger partial charge is 0.264 e. The Bertz CT molecular complexity index is 1540. The van der Waals surface area contributed by atoms with Crippen LogP contribution >= 0.6 is 11.6 Å². The molecule has 1 aliphatic rings. The molecule has 11 heteroatoms. The van der Waals surface area contributed by atoms with Crippen molar-refractivity contribution in [3.05, 3.63) is 82.9 Å². The molecule has 1 saturated carbocycles. The van der Waals surface area contributed by atoms with Gasteiger partial charge in [0, 0.05) is 23.7 Å². The fourth-order valence-electron chi connectivity index (χ4n) is 5.28. The van der Waals surface area contributed by atoms with Crippen LogP contribution in [0.5, 0.6) is 11.5 Å². The fraction of sp³-hybridized carbons (Fsp3) is 0.394. The lowest BCUT2D eigenvalue weighted by molar-refractivity contribution is -0.139. The number of nitrogens with zero attached hydrogens (tertiary/aromatic N) is 2. The van der Waals surface area contributed by atoms with Crippen molar-refractivity contribution in [1.29, 1.82) is 0 Å². The number of nitrogens with one attached hydrogen (secondary N) is 1. The summed E-state index contributed by atoms with van der Waals surface area (Å²) in [5.74, 6) is -0.197. The number of methoxy groups -OCH3 is 2. The Morgan fingerprint density at radius 3 is 2.18 bits per heavy atom. The third-order valence-electron chi connectivity index (χ3n) is 7.93. The van der Waals surface area contributed by atoms with E-state index in [2.05, 4.69) is 5.32 Å². The summed E-state index contributed by atoms with van der Waals surface area (Å²) in [6, 6.07) is 17.4. The van der Waals surface area contributed by atoms with Gasteiger partial charge in [-0.05, 0) is 68.7 Å². The summed E-state index contributed by atoms with van der Waals surface area (Å²) in [6.45, 7) is 3.12. The standard InChI is InChI=1S/C33H40ClN3O6S/c1-23-10-16-28(17-11-23)37(44(40,41)29-18-19-30(42-3)31(20-29)43-4)22-32(38)36(21-25-12-14-26(34)15-13-25)24(2)33(39)35-27-8-6-5-7-9-27/h10-20,24,27H,5-9,21-22H2,1-4H3,(H,35,39)/t24-/m0/s1. The SMILES string of the molecule is COc1ccc(S(=O)(=O)N(CC(=O)N(Cc2ccc(Cl)cc2)[C@@H](C)C(=O)NC2CCCCC2)c2ccc(C)cc2)cc1OC. The first-order chi connectivity index (χ1) is 21.0. The van der Waals surface area contributed by atoms with Gasteiger partial charge in [-0.3, -0.25) is 13.9 Å². The maximum atomic E-state index is 14.2. The minimum atomic E-state index is -4.27. The Morgan fingerprint density at radius 2 is 1.57 bits per heavy atom. The van der Waals surface area contributed by atoms with E-state index < -0.39 is 28.5 Å². The van der Waals surface area contributed by atoms with Gasteiger partial charge in [-0.2, -0.15) is 0 Å². The van der Waals surface area contributed by atoms with Crippen molar-refractivity contribution in [2.45, 2.75) is 69.5 Å². The zero-order chi connectivity index (χ0) is 31.9. The third kappa shape index (κ3) is 8.04. The number of aryl methyl sites for hydroxylation is 1. The van der Waals surface area contributed by atoms with Crippen LogP contribution in [0.3, 0.4) is 0 Å². The maximum absolute atomic E-state index is 14.2. The molecule has 44 heavy (non-hydrogen) atoms. The molecule has 0 bridgehead atoms. The van der Waals surface area contributed by atoms with Crippen LogP contribution in [0, 0.1) is 6.92 Å². The lowest BCUT2D eigenvalue weighted by atomic mass is 9.95. The van der Waals surface area contributed by atoms with Crippen LogP contribution in [-0.2, 0) is 26.2 Å². The average molecular weight is 642 g/mol. The molecule has 1 N–H and O–H groups in total. The number of rotatable bonds is 12. The van der Waals surface area contributed by atoms with Crippen LogP contribution in [0.1, 0.15) is 50.2 Å². The van der Waals surface area contributed by atoms with E-state index in [1.165, 1.54) is 37.3 Å². The molecule has 2 amide bonds. The first-order valence-corrected chi connectivity index (χ1v) is 16.5. The summed E-state index contributed by atoms with van der Waals surface area (Å²) in [7, 11) is -1.38. The van der Waals surface area contributed by atoms with Crippen molar-refractivity contribution in [2.24, 2.45) is 0 Å². The number of sulfonamides is 1. The number of anilines is 1. The number of carbonyl (C=O) groups excluding carboxylic acids is 2. The van der Waals surface area contributed by atoms with E-state index in [9.17, 15) is 18.0 Å². The summed E-state index contributed by atoms with van der Waals surface area (Å²) in [6.07, 6.45) is 5.04. The quantitative estimate of drug-likeness (QED) is 0.271. The van der Waals surface area contributed by atoms with Crippen LogP contribution in [0.15, 0.2) is 71.6 Å². The average Bonchev–Trinajstić information content (AvgIpc) is 3.03. The Morgan fingerprint density at radius 1 is 0.932 bits per heavy atom. The number of hydrogen-bond donors (Lipinski definition) is 1.